The second-order valence-corrected chi connectivity index (χ2v) is 6.11. The third-order valence-corrected chi connectivity index (χ3v) is 4.19. The van der Waals surface area contributed by atoms with E-state index in [2.05, 4.69) is 20.3 Å². The number of para-hydroxylation sites is 2. The summed E-state index contributed by atoms with van der Waals surface area (Å²) in [5.74, 6) is 0.605. The third-order valence-electron chi connectivity index (χ3n) is 4.19. The number of nitrogens with zero attached hydrogens (tertiary/aromatic N) is 1. The van der Waals surface area contributed by atoms with Gasteiger partial charge < -0.3 is 15.3 Å². The first-order valence-corrected chi connectivity index (χ1v) is 7.95. The van der Waals surface area contributed by atoms with Crippen LogP contribution >= 0.6 is 0 Å². The van der Waals surface area contributed by atoms with Gasteiger partial charge in [0.05, 0.1) is 17.1 Å². The Hall–Kier alpha value is -3.08. The fraction of sp³-hybridized carbons (Fsp3) is 0.158. The summed E-state index contributed by atoms with van der Waals surface area (Å²) in [7, 11) is 0. The molecule has 0 radical (unpaired) electrons. The van der Waals surface area contributed by atoms with Crippen LogP contribution < -0.4 is 5.32 Å². The Balaban J connectivity index is 1.57. The van der Waals surface area contributed by atoms with Crippen molar-refractivity contribution in [1.29, 1.82) is 0 Å². The Bertz CT molecular complexity index is 1010. The van der Waals surface area contributed by atoms with E-state index in [4.69, 9.17) is 0 Å². The maximum atomic E-state index is 12.5. The van der Waals surface area contributed by atoms with Gasteiger partial charge in [-0.1, -0.05) is 24.3 Å². The quantitative estimate of drug-likeness (QED) is 0.537. The summed E-state index contributed by atoms with van der Waals surface area (Å²) >= 11 is 0. The van der Waals surface area contributed by atoms with Crippen molar-refractivity contribution in [1.82, 2.24) is 20.3 Å². The van der Waals surface area contributed by atoms with E-state index in [1.54, 1.807) is 0 Å². The molecule has 0 bridgehead atoms. The zero-order valence-electron chi connectivity index (χ0n) is 13.6. The fourth-order valence-corrected chi connectivity index (χ4v) is 2.88. The fourth-order valence-electron chi connectivity index (χ4n) is 2.88. The normalized spacial score (nSPS) is 12.6. The Morgan fingerprint density at radius 3 is 2.75 bits per heavy atom. The van der Waals surface area contributed by atoms with Crippen molar-refractivity contribution in [3.63, 3.8) is 0 Å². The molecule has 0 fully saturated rings. The molecule has 120 valence electrons. The first-order chi connectivity index (χ1) is 11.6. The van der Waals surface area contributed by atoms with Gasteiger partial charge >= 0.3 is 0 Å². The minimum atomic E-state index is -0.210. The minimum absolute atomic E-state index is 0.142. The predicted octanol–water partition coefficient (Wildman–Crippen LogP) is 3.84. The molecule has 0 saturated carbocycles. The first kappa shape index (κ1) is 14.5. The van der Waals surface area contributed by atoms with E-state index in [1.807, 2.05) is 62.4 Å². The lowest BCUT2D eigenvalue weighted by Crippen LogP contribution is -2.27. The van der Waals surface area contributed by atoms with Gasteiger partial charge in [-0.25, -0.2) is 4.98 Å². The number of aryl methyl sites for hydroxylation is 1. The number of hydrogen-bond donors (Lipinski definition) is 3. The van der Waals surface area contributed by atoms with Gasteiger partial charge in [0.25, 0.3) is 5.91 Å². The van der Waals surface area contributed by atoms with E-state index in [0.717, 1.165) is 33.3 Å². The van der Waals surface area contributed by atoms with Crippen molar-refractivity contribution in [3.8, 4) is 0 Å². The van der Waals surface area contributed by atoms with Gasteiger partial charge in [0, 0.05) is 10.9 Å². The highest BCUT2D eigenvalue weighted by Crippen LogP contribution is 2.19. The molecular weight excluding hydrogens is 300 g/mol. The Morgan fingerprint density at radius 2 is 1.92 bits per heavy atom. The zero-order valence-corrected chi connectivity index (χ0v) is 13.6. The molecule has 0 aliphatic rings. The van der Waals surface area contributed by atoms with E-state index in [-0.39, 0.29) is 11.9 Å². The SMILES string of the molecule is Cc1ccc2cc(C(=O)NC(C)c3nc4ccccc4[nH]3)[nH]c2c1. The molecule has 2 aromatic heterocycles. The average Bonchev–Trinajstić information content (AvgIpc) is 3.18. The second-order valence-electron chi connectivity index (χ2n) is 6.11. The summed E-state index contributed by atoms with van der Waals surface area (Å²) in [4.78, 5) is 23.5. The number of rotatable bonds is 3. The maximum Gasteiger partial charge on any atom is 0.268 e. The van der Waals surface area contributed by atoms with Crippen molar-refractivity contribution in [2.45, 2.75) is 19.9 Å². The summed E-state index contributed by atoms with van der Waals surface area (Å²) < 4.78 is 0. The average molecular weight is 318 g/mol. The van der Waals surface area contributed by atoms with E-state index in [0.29, 0.717) is 5.69 Å². The maximum absolute atomic E-state index is 12.5. The number of H-pyrrole nitrogens is 2. The van der Waals surface area contributed by atoms with Crippen LogP contribution in [0.3, 0.4) is 0 Å². The predicted molar refractivity (Wildman–Crippen MR) is 95.0 cm³/mol. The molecule has 0 aliphatic carbocycles. The molecule has 5 heteroatoms. The van der Waals surface area contributed by atoms with Crippen LogP contribution in [0.1, 0.15) is 34.8 Å². The molecule has 24 heavy (non-hydrogen) atoms. The molecule has 4 aromatic rings. The lowest BCUT2D eigenvalue weighted by molar-refractivity contribution is 0.0934. The van der Waals surface area contributed by atoms with E-state index < -0.39 is 0 Å². The second kappa shape index (κ2) is 5.53. The summed E-state index contributed by atoms with van der Waals surface area (Å²) in [6.07, 6.45) is 0. The minimum Gasteiger partial charge on any atom is -0.351 e. The smallest absolute Gasteiger partial charge is 0.268 e. The zero-order chi connectivity index (χ0) is 16.7. The van der Waals surface area contributed by atoms with Gasteiger partial charge in [-0.2, -0.15) is 0 Å². The highest BCUT2D eigenvalue weighted by Gasteiger charge is 2.16. The van der Waals surface area contributed by atoms with Crippen molar-refractivity contribution in [3.05, 3.63) is 65.6 Å². The van der Waals surface area contributed by atoms with Crippen molar-refractivity contribution in [2.75, 3.05) is 0 Å². The van der Waals surface area contributed by atoms with Crippen LogP contribution in [0.5, 0.6) is 0 Å². The molecule has 4 rings (SSSR count). The number of imidazole rings is 1. The van der Waals surface area contributed by atoms with Gasteiger partial charge in [0.15, 0.2) is 0 Å². The van der Waals surface area contributed by atoms with Gasteiger partial charge in [-0.3, -0.25) is 4.79 Å². The standard InChI is InChI=1S/C19H18N4O/c1-11-7-8-13-10-17(21-16(13)9-11)19(24)20-12(2)18-22-14-5-3-4-6-15(14)23-18/h3-10,12,21H,1-2H3,(H,20,24)(H,22,23). The van der Waals surface area contributed by atoms with Crippen LogP contribution in [0.2, 0.25) is 0 Å². The topological polar surface area (TPSA) is 73.6 Å². The van der Waals surface area contributed by atoms with Crippen LogP contribution in [0, 0.1) is 6.92 Å². The number of carbonyl (C=O) groups excluding carboxylic acids is 1. The number of carbonyl (C=O) groups is 1. The highest BCUT2D eigenvalue weighted by molar-refractivity contribution is 5.98. The number of hydrogen-bond acceptors (Lipinski definition) is 2. The number of fused-ring (bicyclic) bond motifs is 2. The van der Waals surface area contributed by atoms with E-state index in [1.165, 1.54) is 0 Å². The molecular formula is C19H18N4O. The van der Waals surface area contributed by atoms with E-state index in [9.17, 15) is 4.79 Å². The van der Waals surface area contributed by atoms with Gasteiger partial charge in [-0.05, 0) is 43.7 Å². The molecule has 0 spiro atoms. The third kappa shape index (κ3) is 2.54. The summed E-state index contributed by atoms with van der Waals surface area (Å²) in [6.45, 7) is 3.95. The molecule has 5 nitrogen and oxygen atoms in total. The summed E-state index contributed by atoms with van der Waals surface area (Å²) in [5.41, 5.74) is 4.55. The number of aromatic amines is 2. The van der Waals surface area contributed by atoms with Gasteiger partial charge in [0.2, 0.25) is 0 Å². The molecule has 0 saturated heterocycles. The Kier molecular flexibility index (Phi) is 3.34. The van der Waals surface area contributed by atoms with Crippen molar-refractivity contribution >= 4 is 27.8 Å². The molecule has 3 N–H and O–H groups in total. The van der Waals surface area contributed by atoms with Crippen LogP contribution in [0.25, 0.3) is 21.9 Å². The van der Waals surface area contributed by atoms with Crippen LogP contribution in [0.15, 0.2) is 48.5 Å². The number of amides is 1. The monoisotopic (exact) mass is 318 g/mol. The summed E-state index contributed by atoms with van der Waals surface area (Å²) in [5, 5.41) is 4.01. The molecule has 1 atom stereocenters. The highest BCUT2D eigenvalue weighted by atomic mass is 16.1. The van der Waals surface area contributed by atoms with E-state index >= 15 is 0 Å². The van der Waals surface area contributed by atoms with Crippen molar-refractivity contribution in [2.24, 2.45) is 0 Å². The van der Waals surface area contributed by atoms with Gasteiger partial charge in [0.1, 0.15) is 11.5 Å². The molecule has 2 aromatic carbocycles. The largest absolute Gasteiger partial charge is 0.351 e. The first-order valence-electron chi connectivity index (χ1n) is 7.95. The van der Waals surface area contributed by atoms with Crippen LogP contribution in [-0.4, -0.2) is 20.9 Å². The number of aromatic nitrogens is 3. The Morgan fingerprint density at radius 1 is 1.08 bits per heavy atom. The lowest BCUT2D eigenvalue weighted by Gasteiger charge is -2.10. The van der Waals surface area contributed by atoms with Crippen LogP contribution in [0.4, 0.5) is 0 Å². The Labute approximate surface area is 139 Å². The molecule has 2 heterocycles. The van der Waals surface area contributed by atoms with Crippen LogP contribution in [-0.2, 0) is 0 Å². The lowest BCUT2D eigenvalue weighted by atomic mass is 10.2. The van der Waals surface area contributed by atoms with Gasteiger partial charge in [-0.15, -0.1) is 0 Å². The summed E-state index contributed by atoms with van der Waals surface area (Å²) in [6, 6.07) is 15.6. The molecule has 1 unspecified atom stereocenters. The molecule has 1 amide bonds. The number of nitrogens with one attached hydrogen (secondary N) is 3. The number of benzene rings is 2. The molecule has 0 aliphatic heterocycles. The van der Waals surface area contributed by atoms with Crippen molar-refractivity contribution < 1.29 is 4.79 Å².